The van der Waals surface area contributed by atoms with Crippen LogP contribution in [0.4, 0.5) is 0 Å². The molecule has 23 heavy (non-hydrogen) atoms. The van der Waals surface area contributed by atoms with E-state index in [4.69, 9.17) is 0 Å². The standard InChI is InChI=1S/C16H18N4O3/c1-3-17-15(22)12-6-4-5-11(9-12)10-18-16(23)13-7-8-14(21)20(2)19-13/h4-9H,3,10H2,1-2H3,(H,17,22)(H,18,23). The van der Waals surface area contributed by atoms with Gasteiger partial charge in [0.25, 0.3) is 17.4 Å². The zero-order chi connectivity index (χ0) is 16.8. The van der Waals surface area contributed by atoms with Gasteiger partial charge in [-0.3, -0.25) is 14.4 Å². The van der Waals surface area contributed by atoms with Crippen molar-refractivity contribution in [1.82, 2.24) is 20.4 Å². The quantitative estimate of drug-likeness (QED) is 0.838. The summed E-state index contributed by atoms with van der Waals surface area (Å²) in [6.45, 7) is 2.66. The number of aryl methyl sites for hydroxylation is 1. The summed E-state index contributed by atoms with van der Waals surface area (Å²) in [5, 5.41) is 9.32. The number of benzene rings is 1. The molecule has 0 fully saturated rings. The molecular formula is C16H18N4O3. The van der Waals surface area contributed by atoms with Gasteiger partial charge in [-0.2, -0.15) is 5.10 Å². The van der Waals surface area contributed by atoms with Gasteiger partial charge in [-0.15, -0.1) is 0 Å². The molecule has 0 unspecified atom stereocenters. The van der Waals surface area contributed by atoms with Gasteiger partial charge in [0.05, 0.1) is 0 Å². The molecule has 0 atom stereocenters. The summed E-state index contributed by atoms with van der Waals surface area (Å²) in [5.41, 5.74) is 1.22. The number of rotatable bonds is 5. The van der Waals surface area contributed by atoms with Gasteiger partial charge in [0.15, 0.2) is 0 Å². The van der Waals surface area contributed by atoms with Crippen LogP contribution in [-0.4, -0.2) is 28.1 Å². The SMILES string of the molecule is CCNC(=O)c1cccc(CNC(=O)c2ccc(=O)n(C)n2)c1. The number of carbonyl (C=O) groups is 2. The van der Waals surface area contributed by atoms with E-state index >= 15 is 0 Å². The summed E-state index contributed by atoms with van der Waals surface area (Å²) in [5.74, 6) is -0.538. The highest BCUT2D eigenvalue weighted by Gasteiger charge is 2.09. The Morgan fingerprint density at radius 1 is 1.13 bits per heavy atom. The van der Waals surface area contributed by atoms with E-state index in [0.29, 0.717) is 12.1 Å². The molecule has 0 saturated carbocycles. The van der Waals surface area contributed by atoms with Crippen molar-refractivity contribution in [2.45, 2.75) is 13.5 Å². The number of aromatic nitrogens is 2. The number of hydrogen-bond donors (Lipinski definition) is 2. The smallest absolute Gasteiger partial charge is 0.271 e. The summed E-state index contributed by atoms with van der Waals surface area (Å²) in [6.07, 6.45) is 0. The minimum atomic E-state index is -0.385. The normalized spacial score (nSPS) is 10.2. The van der Waals surface area contributed by atoms with Crippen LogP contribution in [0, 0.1) is 0 Å². The molecule has 7 heteroatoms. The van der Waals surface area contributed by atoms with Crippen LogP contribution in [0.25, 0.3) is 0 Å². The van der Waals surface area contributed by atoms with Crippen molar-refractivity contribution >= 4 is 11.8 Å². The molecule has 2 amide bonds. The first-order valence-corrected chi connectivity index (χ1v) is 7.21. The lowest BCUT2D eigenvalue weighted by molar-refractivity contribution is 0.0941. The van der Waals surface area contributed by atoms with E-state index in [0.717, 1.165) is 10.2 Å². The molecule has 1 heterocycles. The lowest BCUT2D eigenvalue weighted by atomic mass is 10.1. The summed E-state index contributed by atoms with van der Waals surface area (Å²) in [6, 6.07) is 9.68. The first kappa shape index (κ1) is 16.4. The van der Waals surface area contributed by atoms with Crippen molar-refractivity contribution in [3.8, 4) is 0 Å². The van der Waals surface area contributed by atoms with E-state index < -0.39 is 0 Å². The van der Waals surface area contributed by atoms with Gasteiger partial charge in [0.2, 0.25) is 0 Å². The molecule has 0 radical (unpaired) electrons. The number of hydrogen-bond acceptors (Lipinski definition) is 4. The van der Waals surface area contributed by atoms with Gasteiger partial charge in [0.1, 0.15) is 5.69 Å². The highest BCUT2D eigenvalue weighted by molar-refractivity contribution is 5.94. The average molecular weight is 314 g/mol. The Morgan fingerprint density at radius 2 is 1.91 bits per heavy atom. The maximum absolute atomic E-state index is 12.0. The molecule has 120 valence electrons. The van der Waals surface area contributed by atoms with Gasteiger partial charge in [-0.1, -0.05) is 12.1 Å². The van der Waals surface area contributed by atoms with Crippen molar-refractivity contribution in [3.05, 3.63) is 63.6 Å². The lowest BCUT2D eigenvalue weighted by Gasteiger charge is -2.07. The van der Waals surface area contributed by atoms with Crippen molar-refractivity contribution < 1.29 is 9.59 Å². The van der Waals surface area contributed by atoms with Crippen molar-refractivity contribution in [3.63, 3.8) is 0 Å². The van der Waals surface area contributed by atoms with Crippen LogP contribution >= 0.6 is 0 Å². The monoisotopic (exact) mass is 314 g/mol. The van der Waals surface area contributed by atoms with Crippen LogP contribution in [0.2, 0.25) is 0 Å². The fraction of sp³-hybridized carbons (Fsp3) is 0.250. The van der Waals surface area contributed by atoms with E-state index in [9.17, 15) is 14.4 Å². The van der Waals surface area contributed by atoms with Crippen LogP contribution in [-0.2, 0) is 13.6 Å². The molecule has 0 aliphatic carbocycles. The third kappa shape index (κ3) is 4.26. The second-order valence-corrected chi connectivity index (χ2v) is 4.92. The molecule has 0 saturated heterocycles. The molecule has 0 aliphatic heterocycles. The molecule has 1 aromatic carbocycles. The lowest BCUT2D eigenvalue weighted by Crippen LogP contribution is -2.28. The predicted octanol–water partition coefficient (Wildman–Crippen LogP) is 0.460. The second-order valence-electron chi connectivity index (χ2n) is 4.92. The molecule has 1 aromatic heterocycles. The zero-order valence-electron chi connectivity index (χ0n) is 13.0. The maximum atomic E-state index is 12.0. The first-order chi connectivity index (χ1) is 11.0. The molecule has 0 bridgehead atoms. The minimum absolute atomic E-state index is 0.152. The molecule has 2 rings (SSSR count). The number of nitrogens with zero attached hydrogens (tertiary/aromatic N) is 2. The predicted molar refractivity (Wildman–Crippen MR) is 85.1 cm³/mol. The summed E-state index contributed by atoms with van der Waals surface area (Å²) < 4.78 is 1.10. The van der Waals surface area contributed by atoms with Crippen LogP contribution in [0.1, 0.15) is 33.3 Å². The Balaban J connectivity index is 2.04. The van der Waals surface area contributed by atoms with Crippen LogP contribution < -0.4 is 16.2 Å². The summed E-state index contributed by atoms with van der Waals surface area (Å²) in [7, 11) is 1.48. The largest absolute Gasteiger partial charge is 0.352 e. The fourth-order valence-corrected chi connectivity index (χ4v) is 1.98. The van der Waals surface area contributed by atoms with Gasteiger partial charge < -0.3 is 10.6 Å². The Bertz CT molecular complexity index is 783. The van der Waals surface area contributed by atoms with Crippen molar-refractivity contribution in [2.75, 3.05) is 6.54 Å². The van der Waals surface area contributed by atoms with Crippen LogP contribution in [0.3, 0.4) is 0 Å². The van der Waals surface area contributed by atoms with Crippen molar-refractivity contribution in [2.24, 2.45) is 7.05 Å². The maximum Gasteiger partial charge on any atom is 0.271 e. The number of nitrogens with one attached hydrogen (secondary N) is 2. The van der Waals surface area contributed by atoms with E-state index in [1.165, 1.54) is 19.2 Å². The minimum Gasteiger partial charge on any atom is -0.352 e. The summed E-state index contributed by atoms with van der Waals surface area (Å²) in [4.78, 5) is 35.1. The highest BCUT2D eigenvalue weighted by atomic mass is 16.2. The molecule has 2 N–H and O–H groups in total. The molecular weight excluding hydrogens is 296 g/mol. The second kappa shape index (κ2) is 7.35. The molecule has 2 aromatic rings. The zero-order valence-corrected chi connectivity index (χ0v) is 13.0. The third-order valence-corrected chi connectivity index (χ3v) is 3.17. The third-order valence-electron chi connectivity index (χ3n) is 3.17. The first-order valence-electron chi connectivity index (χ1n) is 7.21. The van der Waals surface area contributed by atoms with Crippen LogP contribution in [0.5, 0.6) is 0 Å². The van der Waals surface area contributed by atoms with E-state index in [1.54, 1.807) is 18.2 Å². The van der Waals surface area contributed by atoms with Crippen LogP contribution in [0.15, 0.2) is 41.2 Å². The molecule has 7 nitrogen and oxygen atoms in total. The van der Waals surface area contributed by atoms with E-state index in [2.05, 4.69) is 15.7 Å². The Labute approximate surface area is 133 Å². The average Bonchev–Trinajstić information content (AvgIpc) is 2.55. The van der Waals surface area contributed by atoms with E-state index in [1.807, 2.05) is 13.0 Å². The van der Waals surface area contributed by atoms with Crippen molar-refractivity contribution in [1.29, 1.82) is 0 Å². The Hall–Kier alpha value is -2.96. The van der Waals surface area contributed by atoms with Gasteiger partial charge >= 0.3 is 0 Å². The van der Waals surface area contributed by atoms with E-state index in [-0.39, 0.29) is 29.6 Å². The number of amides is 2. The van der Waals surface area contributed by atoms with Gasteiger partial charge in [-0.25, -0.2) is 4.68 Å². The Kier molecular flexibility index (Phi) is 5.24. The summed E-state index contributed by atoms with van der Waals surface area (Å²) >= 11 is 0. The topological polar surface area (TPSA) is 93.1 Å². The Morgan fingerprint density at radius 3 is 2.61 bits per heavy atom. The number of carbonyl (C=O) groups excluding carboxylic acids is 2. The molecule has 0 aliphatic rings. The van der Waals surface area contributed by atoms with Gasteiger partial charge in [0, 0.05) is 31.8 Å². The highest BCUT2D eigenvalue weighted by Crippen LogP contribution is 2.05. The fourth-order valence-electron chi connectivity index (χ4n) is 1.98. The molecule has 0 spiro atoms. The van der Waals surface area contributed by atoms with Gasteiger partial charge in [-0.05, 0) is 30.7 Å².